The second-order valence-electron chi connectivity index (χ2n) is 4.33. The highest BCUT2D eigenvalue weighted by molar-refractivity contribution is 7.91. The van der Waals surface area contributed by atoms with Gasteiger partial charge in [0, 0.05) is 18.1 Å². The first-order chi connectivity index (χ1) is 10.9. The summed E-state index contributed by atoms with van der Waals surface area (Å²) in [5, 5.41) is 18.5. The molecule has 124 valence electrons. The summed E-state index contributed by atoms with van der Waals surface area (Å²) in [6.07, 6.45) is 1.12. The molecule has 2 heterocycles. The fraction of sp³-hybridized carbons (Fsp3) is 0.250. The summed E-state index contributed by atoms with van der Waals surface area (Å²) in [7, 11) is -0.579. The number of rotatable bonds is 7. The lowest BCUT2D eigenvalue weighted by atomic mass is 10.3. The molecule has 0 saturated carbocycles. The lowest BCUT2D eigenvalue weighted by Crippen LogP contribution is -2.10. The summed E-state index contributed by atoms with van der Waals surface area (Å²) in [6.45, 7) is 0.324. The minimum Gasteiger partial charge on any atom is -0.467 e. The van der Waals surface area contributed by atoms with Crippen LogP contribution in [-0.2, 0) is 16.6 Å². The molecule has 0 amide bonds. The first-order valence-electron chi connectivity index (χ1n) is 6.38. The molecule has 0 unspecified atom stereocenters. The zero-order chi connectivity index (χ0) is 17.0. The van der Waals surface area contributed by atoms with Crippen LogP contribution < -0.4 is 20.5 Å². The van der Waals surface area contributed by atoms with Gasteiger partial charge in [-0.1, -0.05) is 0 Å². The number of nitrogens with one attached hydrogen (secondary N) is 3. The van der Waals surface area contributed by atoms with E-state index < -0.39 is 10.0 Å². The van der Waals surface area contributed by atoms with Crippen molar-refractivity contribution in [3.05, 3.63) is 22.6 Å². The fourth-order valence-electron chi connectivity index (χ4n) is 1.78. The number of nitrogens with two attached hydrogens (primary N) is 1. The van der Waals surface area contributed by atoms with E-state index in [0.29, 0.717) is 23.7 Å². The molecule has 0 radical (unpaired) electrons. The topological polar surface area (TPSA) is 143 Å². The first-order valence-corrected chi connectivity index (χ1v) is 8.75. The molecule has 23 heavy (non-hydrogen) atoms. The third-order valence-corrected chi connectivity index (χ3v) is 5.36. The quantitative estimate of drug-likeness (QED) is 0.538. The molecule has 0 saturated heterocycles. The number of sulfonamides is 1. The van der Waals surface area contributed by atoms with Crippen LogP contribution in [0, 0.1) is 5.41 Å². The van der Waals surface area contributed by atoms with Gasteiger partial charge in [0.2, 0.25) is 10.0 Å². The summed E-state index contributed by atoms with van der Waals surface area (Å²) in [5.74, 6) is 0.854. The lowest BCUT2D eigenvalue weighted by molar-refractivity contribution is 0.381. The van der Waals surface area contributed by atoms with Crippen LogP contribution in [0.4, 0.5) is 11.6 Å². The van der Waals surface area contributed by atoms with Crippen LogP contribution in [0.15, 0.2) is 16.3 Å². The van der Waals surface area contributed by atoms with Crippen molar-refractivity contribution in [1.82, 2.24) is 9.97 Å². The summed E-state index contributed by atoms with van der Waals surface area (Å²) in [6, 6.07) is 3.27. The normalized spacial score (nSPS) is 11.1. The molecule has 0 bridgehead atoms. The van der Waals surface area contributed by atoms with Crippen molar-refractivity contribution < 1.29 is 13.2 Å². The van der Waals surface area contributed by atoms with E-state index in [4.69, 9.17) is 15.3 Å². The van der Waals surface area contributed by atoms with E-state index in [2.05, 4.69) is 20.6 Å². The average Bonchev–Trinajstić information content (AvgIpc) is 3.00. The molecule has 2 aromatic heterocycles. The lowest BCUT2D eigenvalue weighted by Gasteiger charge is -2.12. The van der Waals surface area contributed by atoms with Crippen LogP contribution >= 0.6 is 11.3 Å². The maximum absolute atomic E-state index is 11.3. The highest BCUT2D eigenvalue weighted by Gasteiger charge is 2.14. The molecular weight excluding hydrogens is 340 g/mol. The number of aromatic nitrogens is 2. The van der Waals surface area contributed by atoms with Crippen LogP contribution in [0.2, 0.25) is 0 Å². The van der Waals surface area contributed by atoms with Gasteiger partial charge in [-0.05, 0) is 12.1 Å². The third kappa shape index (κ3) is 3.94. The number of primary sulfonamides is 1. The van der Waals surface area contributed by atoms with Gasteiger partial charge < -0.3 is 20.8 Å². The SMILES string of the molecule is CNc1nc(OC)nc(NCc2ccc(S(N)(=O)=O)s2)c1C=N. The molecule has 2 rings (SSSR count). The van der Waals surface area contributed by atoms with Crippen LogP contribution in [0.25, 0.3) is 0 Å². The summed E-state index contributed by atoms with van der Waals surface area (Å²) in [5.41, 5.74) is 0.469. The molecule has 0 aromatic carbocycles. The predicted octanol–water partition coefficient (Wildman–Crippen LogP) is 0.846. The van der Waals surface area contributed by atoms with Gasteiger partial charge in [0.1, 0.15) is 15.8 Å². The van der Waals surface area contributed by atoms with Gasteiger partial charge in [-0.25, -0.2) is 13.6 Å². The number of ether oxygens (including phenoxy) is 1. The van der Waals surface area contributed by atoms with Crippen molar-refractivity contribution in [2.75, 3.05) is 24.8 Å². The Bertz CT molecular complexity index is 818. The van der Waals surface area contributed by atoms with Crippen LogP contribution in [0.5, 0.6) is 6.01 Å². The van der Waals surface area contributed by atoms with Gasteiger partial charge in [-0.2, -0.15) is 9.97 Å². The van der Waals surface area contributed by atoms with E-state index in [9.17, 15) is 8.42 Å². The minimum atomic E-state index is -3.70. The number of anilines is 2. The van der Waals surface area contributed by atoms with Gasteiger partial charge in [0.15, 0.2) is 0 Å². The van der Waals surface area contributed by atoms with E-state index in [-0.39, 0.29) is 10.2 Å². The number of hydrogen-bond acceptors (Lipinski definition) is 9. The Labute approximate surface area is 137 Å². The Kier molecular flexibility index (Phi) is 5.13. The van der Waals surface area contributed by atoms with Gasteiger partial charge in [-0.15, -0.1) is 11.3 Å². The Hall–Kier alpha value is -2.24. The predicted molar refractivity (Wildman–Crippen MR) is 89.0 cm³/mol. The van der Waals surface area contributed by atoms with Gasteiger partial charge in [0.05, 0.1) is 19.2 Å². The van der Waals surface area contributed by atoms with Crippen molar-refractivity contribution in [1.29, 1.82) is 5.41 Å². The van der Waals surface area contributed by atoms with Gasteiger partial charge >= 0.3 is 6.01 Å². The molecule has 0 aliphatic rings. The molecule has 9 nitrogen and oxygen atoms in total. The highest BCUT2D eigenvalue weighted by atomic mass is 32.2. The second kappa shape index (κ2) is 6.89. The number of nitrogens with zero attached hydrogens (tertiary/aromatic N) is 2. The molecule has 2 aromatic rings. The second-order valence-corrected chi connectivity index (χ2v) is 7.29. The molecule has 5 N–H and O–H groups in total. The molecular formula is C12H16N6O3S2. The third-order valence-electron chi connectivity index (χ3n) is 2.84. The number of methoxy groups -OCH3 is 1. The van der Waals surface area contributed by atoms with E-state index in [1.54, 1.807) is 13.1 Å². The average molecular weight is 356 g/mol. The highest BCUT2D eigenvalue weighted by Crippen LogP contribution is 2.24. The molecule has 0 spiro atoms. The van der Waals surface area contributed by atoms with Gasteiger partial charge in [0.25, 0.3) is 0 Å². The van der Waals surface area contributed by atoms with E-state index in [0.717, 1.165) is 22.4 Å². The first kappa shape index (κ1) is 17.1. The smallest absolute Gasteiger partial charge is 0.320 e. The maximum atomic E-state index is 11.3. The van der Waals surface area contributed by atoms with E-state index in [1.165, 1.54) is 13.2 Å². The Morgan fingerprint density at radius 2 is 2.09 bits per heavy atom. The molecule has 0 fully saturated rings. The Morgan fingerprint density at radius 1 is 1.39 bits per heavy atom. The summed E-state index contributed by atoms with van der Waals surface area (Å²) < 4.78 is 27.7. The van der Waals surface area contributed by atoms with Crippen molar-refractivity contribution in [3.63, 3.8) is 0 Å². The minimum absolute atomic E-state index is 0.0951. The Balaban J connectivity index is 2.26. The van der Waals surface area contributed by atoms with Crippen molar-refractivity contribution in [3.8, 4) is 6.01 Å². The summed E-state index contributed by atoms with van der Waals surface area (Å²) in [4.78, 5) is 9.03. The van der Waals surface area contributed by atoms with Crippen LogP contribution in [0.1, 0.15) is 10.4 Å². The van der Waals surface area contributed by atoms with E-state index >= 15 is 0 Å². The number of thiophene rings is 1. The van der Waals surface area contributed by atoms with Crippen molar-refractivity contribution >= 4 is 39.2 Å². The van der Waals surface area contributed by atoms with Crippen LogP contribution in [0.3, 0.4) is 0 Å². The monoisotopic (exact) mass is 356 g/mol. The standard InChI is InChI=1S/C12H16N6O3S2/c1-15-10-8(5-13)11(18-12(17-10)21-2)16-6-7-3-4-9(22-7)23(14,19)20/h3-5,13H,6H2,1-2H3,(H2,14,19,20)(H2,15,16,17,18). The number of hydrogen-bond donors (Lipinski definition) is 4. The summed E-state index contributed by atoms with van der Waals surface area (Å²) >= 11 is 1.07. The van der Waals surface area contributed by atoms with E-state index in [1.807, 2.05) is 0 Å². The largest absolute Gasteiger partial charge is 0.467 e. The zero-order valence-corrected chi connectivity index (χ0v) is 14.1. The zero-order valence-electron chi connectivity index (χ0n) is 12.5. The molecule has 11 heteroatoms. The molecule has 0 aliphatic carbocycles. The molecule has 0 atom stereocenters. The van der Waals surface area contributed by atoms with Crippen molar-refractivity contribution in [2.45, 2.75) is 10.8 Å². The maximum Gasteiger partial charge on any atom is 0.320 e. The van der Waals surface area contributed by atoms with Gasteiger partial charge in [-0.3, -0.25) is 0 Å². The van der Waals surface area contributed by atoms with Crippen molar-refractivity contribution in [2.24, 2.45) is 5.14 Å². The molecule has 0 aliphatic heterocycles. The Morgan fingerprint density at radius 3 is 2.61 bits per heavy atom. The van der Waals surface area contributed by atoms with Crippen LogP contribution in [-0.4, -0.2) is 38.8 Å². The fourth-order valence-corrected chi connectivity index (χ4v) is 3.50.